The van der Waals surface area contributed by atoms with Crippen LogP contribution in [0.25, 0.3) is 0 Å². The minimum absolute atomic E-state index is 0.0460. The lowest BCUT2D eigenvalue weighted by Crippen LogP contribution is -2.21. The van der Waals surface area contributed by atoms with Gasteiger partial charge in [0.05, 0.1) is 17.8 Å². The number of benzene rings is 1. The topological polar surface area (TPSA) is 68.0 Å². The average molecular weight is 269 g/mol. The molecule has 1 aromatic heterocycles. The van der Waals surface area contributed by atoms with Gasteiger partial charge in [0.15, 0.2) is 0 Å². The van der Waals surface area contributed by atoms with Gasteiger partial charge in [-0.1, -0.05) is 37.3 Å². The number of nitrogen functional groups attached to an aromatic ring is 1. The second-order valence-corrected chi connectivity index (χ2v) is 4.79. The number of hydrogen-bond donors (Lipinski definition) is 2. The fourth-order valence-electron chi connectivity index (χ4n) is 2.11. The summed E-state index contributed by atoms with van der Waals surface area (Å²) >= 11 is 0. The zero-order valence-corrected chi connectivity index (χ0v) is 11.8. The van der Waals surface area contributed by atoms with Gasteiger partial charge in [0.2, 0.25) is 5.91 Å². The van der Waals surface area contributed by atoms with Gasteiger partial charge in [-0.25, -0.2) is 4.98 Å². The van der Waals surface area contributed by atoms with Crippen LogP contribution in [0, 0.1) is 6.92 Å². The fraction of sp³-hybridized carbons (Fsp3) is 0.250. The predicted molar refractivity (Wildman–Crippen MR) is 81.5 cm³/mol. The molecule has 0 aliphatic carbocycles. The Morgan fingerprint density at radius 3 is 2.65 bits per heavy atom. The SMILES string of the molecule is CCC(C(=O)Nc1cc(C)c(N)cn1)c1ccccc1. The quantitative estimate of drug-likeness (QED) is 0.896. The first-order chi connectivity index (χ1) is 9.61. The van der Waals surface area contributed by atoms with E-state index in [0.29, 0.717) is 11.5 Å². The van der Waals surface area contributed by atoms with E-state index in [9.17, 15) is 4.79 Å². The van der Waals surface area contributed by atoms with Crippen molar-refractivity contribution in [3.05, 3.63) is 53.7 Å². The van der Waals surface area contributed by atoms with E-state index in [1.807, 2.05) is 44.2 Å². The van der Waals surface area contributed by atoms with E-state index in [0.717, 1.165) is 17.5 Å². The number of aryl methyl sites for hydroxylation is 1. The van der Waals surface area contributed by atoms with Gasteiger partial charge >= 0.3 is 0 Å². The minimum Gasteiger partial charge on any atom is -0.397 e. The molecule has 1 aromatic carbocycles. The van der Waals surface area contributed by atoms with E-state index in [1.54, 1.807) is 12.3 Å². The number of anilines is 2. The van der Waals surface area contributed by atoms with E-state index < -0.39 is 0 Å². The molecule has 1 heterocycles. The predicted octanol–water partition coefficient (Wildman–Crippen LogP) is 3.10. The lowest BCUT2D eigenvalue weighted by atomic mass is 9.96. The molecule has 2 aromatic rings. The molecule has 4 heteroatoms. The zero-order valence-electron chi connectivity index (χ0n) is 11.8. The molecular weight excluding hydrogens is 250 g/mol. The molecule has 0 aliphatic heterocycles. The lowest BCUT2D eigenvalue weighted by Gasteiger charge is -2.15. The highest BCUT2D eigenvalue weighted by Gasteiger charge is 2.18. The van der Waals surface area contributed by atoms with Gasteiger partial charge in [0.25, 0.3) is 0 Å². The smallest absolute Gasteiger partial charge is 0.233 e. The van der Waals surface area contributed by atoms with E-state index >= 15 is 0 Å². The molecule has 0 saturated carbocycles. The van der Waals surface area contributed by atoms with Crippen molar-refractivity contribution in [3.63, 3.8) is 0 Å². The molecule has 2 rings (SSSR count). The van der Waals surface area contributed by atoms with Gasteiger partial charge in [-0.05, 0) is 30.5 Å². The molecular formula is C16H19N3O. The number of hydrogen-bond acceptors (Lipinski definition) is 3. The number of nitrogens with two attached hydrogens (primary N) is 1. The van der Waals surface area contributed by atoms with Crippen LogP contribution in [0.4, 0.5) is 11.5 Å². The maximum Gasteiger partial charge on any atom is 0.233 e. The van der Waals surface area contributed by atoms with Gasteiger partial charge < -0.3 is 11.1 Å². The second kappa shape index (κ2) is 6.19. The first kappa shape index (κ1) is 14.1. The molecule has 1 atom stereocenters. The Kier molecular flexibility index (Phi) is 4.35. The largest absolute Gasteiger partial charge is 0.397 e. The van der Waals surface area contributed by atoms with E-state index in [1.165, 1.54) is 0 Å². The van der Waals surface area contributed by atoms with Crippen LogP contribution in [0.1, 0.15) is 30.4 Å². The summed E-state index contributed by atoms with van der Waals surface area (Å²) in [5, 5.41) is 2.85. The van der Waals surface area contributed by atoms with Crippen molar-refractivity contribution in [3.8, 4) is 0 Å². The van der Waals surface area contributed by atoms with Crippen molar-refractivity contribution in [2.45, 2.75) is 26.2 Å². The van der Waals surface area contributed by atoms with E-state index in [-0.39, 0.29) is 11.8 Å². The number of pyridine rings is 1. The number of carbonyl (C=O) groups is 1. The lowest BCUT2D eigenvalue weighted by molar-refractivity contribution is -0.117. The third kappa shape index (κ3) is 3.15. The molecule has 0 spiro atoms. The van der Waals surface area contributed by atoms with Gasteiger partial charge in [0.1, 0.15) is 5.82 Å². The standard InChI is InChI=1S/C16H19N3O/c1-3-13(12-7-5-4-6-8-12)16(20)19-15-9-11(2)14(17)10-18-15/h4-10,13H,3,17H2,1-2H3,(H,18,19,20). The summed E-state index contributed by atoms with van der Waals surface area (Å²) in [4.78, 5) is 16.5. The van der Waals surface area contributed by atoms with Crippen LogP contribution >= 0.6 is 0 Å². The van der Waals surface area contributed by atoms with Gasteiger partial charge in [0, 0.05) is 0 Å². The van der Waals surface area contributed by atoms with Gasteiger partial charge in [-0.3, -0.25) is 4.79 Å². The van der Waals surface area contributed by atoms with Crippen LogP contribution < -0.4 is 11.1 Å². The van der Waals surface area contributed by atoms with Crippen LogP contribution in [0.5, 0.6) is 0 Å². The summed E-state index contributed by atoms with van der Waals surface area (Å²) in [5.74, 6) is 0.322. The van der Waals surface area contributed by atoms with Crippen molar-refractivity contribution >= 4 is 17.4 Å². The summed E-state index contributed by atoms with van der Waals surface area (Å²) in [6, 6.07) is 11.5. The Balaban J connectivity index is 2.15. The van der Waals surface area contributed by atoms with Crippen LogP contribution in [-0.2, 0) is 4.79 Å². The first-order valence-corrected chi connectivity index (χ1v) is 6.69. The molecule has 0 bridgehead atoms. The zero-order chi connectivity index (χ0) is 14.5. The molecule has 1 unspecified atom stereocenters. The van der Waals surface area contributed by atoms with E-state index in [2.05, 4.69) is 10.3 Å². The fourth-order valence-corrected chi connectivity index (χ4v) is 2.11. The third-order valence-corrected chi connectivity index (χ3v) is 3.33. The van der Waals surface area contributed by atoms with Crippen molar-refractivity contribution in [1.82, 2.24) is 4.98 Å². The molecule has 0 aliphatic rings. The molecule has 20 heavy (non-hydrogen) atoms. The normalized spacial score (nSPS) is 11.9. The Hall–Kier alpha value is -2.36. The van der Waals surface area contributed by atoms with Crippen molar-refractivity contribution < 1.29 is 4.79 Å². The van der Waals surface area contributed by atoms with E-state index in [4.69, 9.17) is 5.73 Å². The molecule has 1 amide bonds. The van der Waals surface area contributed by atoms with Crippen LogP contribution in [0.15, 0.2) is 42.6 Å². The maximum atomic E-state index is 12.4. The van der Waals surface area contributed by atoms with Crippen molar-refractivity contribution in [2.24, 2.45) is 0 Å². The molecule has 3 N–H and O–H groups in total. The Morgan fingerprint density at radius 1 is 1.35 bits per heavy atom. The highest BCUT2D eigenvalue weighted by Crippen LogP contribution is 2.21. The third-order valence-electron chi connectivity index (χ3n) is 3.33. The second-order valence-electron chi connectivity index (χ2n) is 4.79. The number of carbonyl (C=O) groups excluding carboxylic acids is 1. The van der Waals surface area contributed by atoms with Gasteiger partial charge in [-0.2, -0.15) is 0 Å². The molecule has 4 nitrogen and oxygen atoms in total. The van der Waals surface area contributed by atoms with Crippen LogP contribution in [-0.4, -0.2) is 10.9 Å². The number of aromatic nitrogens is 1. The molecule has 0 radical (unpaired) electrons. The van der Waals surface area contributed by atoms with Crippen LogP contribution in [0.2, 0.25) is 0 Å². The Morgan fingerprint density at radius 2 is 2.05 bits per heavy atom. The highest BCUT2D eigenvalue weighted by atomic mass is 16.1. The van der Waals surface area contributed by atoms with Crippen molar-refractivity contribution in [1.29, 1.82) is 0 Å². The Labute approximate surface area is 119 Å². The number of rotatable bonds is 4. The average Bonchev–Trinajstić information content (AvgIpc) is 2.45. The first-order valence-electron chi connectivity index (χ1n) is 6.69. The summed E-state index contributed by atoms with van der Waals surface area (Å²) < 4.78 is 0. The number of amides is 1. The highest BCUT2D eigenvalue weighted by molar-refractivity contribution is 5.95. The maximum absolute atomic E-state index is 12.4. The minimum atomic E-state index is -0.171. The van der Waals surface area contributed by atoms with Crippen LogP contribution in [0.3, 0.4) is 0 Å². The summed E-state index contributed by atoms with van der Waals surface area (Å²) in [6.45, 7) is 3.89. The monoisotopic (exact) mass is 269 g/mol. The van der Waals surface area contributed by atoms with Crippen molar-refractivity contribution in [2.75, 3.05) is 11.1 Å². The summed E-state index contributed by atoms with van der Waals surface area (Å²) in [6.07, 6.45) is 2.30. The summed E-state index contributed by atoms with van der Waals surface area (Å²) in [7, 11) is 0. The number of nitrogens with zero attached hydrogens (tertiary/aromatic N) is 1. The Bertz CT molecular complexity index is 596. The molecule has 0 saturated heterocycles. The summed E-state index contributed by atoms with van der Waals surface area (Å²) in [5.41, 5.74) is 8.26. The molecule has 104 valence electrons. The molecule has 0 fully saturated rings. The van der Waals surface area contributed by atoms with Gasteiger partial charge in [-0.15, -0.1) is 0 Å². The number of nitrogens with one attached hydrogen (secondary N) is 1.